The molecule has 1 fully saturated rings. The molecule has 4 heteroatoms. The molecular formula is C15H17ClO2S. The Bertz CT molecular complexity index is 560. The van der Waals surface area contributed by atoms with Gasteiger partial charge < -0.3 is 9.52 Å². The monoisotopic (exact) mass is 296 g/mol. The summed E-state index contributed by atoms with van der Waals surface area (Å²) in [6, 6.07) is 7.40. The molecule has 19 heavy (non-hydrogen) atoms. The number of rotatable bonds is 4. The van der Waals surface area contributed by atoms with Crippen LogP contribution in [0, 0.1) is 0 Å². The quantitative estimate of drug-likeness (QED) is 0.880. The van der Waals surface area contributed by atoms with E-state index in [0.717, 1.165) is 11.0 Å². The smallest absolute Gasteiger partial charge is 0.134 e. The molecule has 1 aromatic heterocycles. The number of benzene rings is 1. The van der Waals surface area contributed by atoms with Gasteiger partial charge in [0.1, 0.15) is 17.4 Å². The highest BCUT2D eigenvalue weighted by atomic mass is 35.5. The summed E-state index contributed by atoms with van der Waals surface area (Å²) in [4.78, 5) is 0. The Morgan fingerprint density at radius 1 is 1.32 bits per heavy atom. The summed E-state index contributed by atoms with van der Waals surface area (Å²) in [5.41, 5.74) is 0.782. The fourth-order valence-corrected chi connectivity index (χ4v) is 4.03. The number of halogens is 1. The van der Waals surface area contributed by atoms with Crippen molar-refractivity contribution >= 4 is 34.3 Å². The van der Waals surface area contributed by atoms with Gasteiger partial charge in [0.2, 0.25) is 0 Å². The highest BCUT2D eigenvalue weighted by Crippen LogP contribution is 2.33. The van der Waals surface area contributed by atoms with E-state index in [9.17, 15) is 5.11 Å². The van der Waals surface area contributed by atoms with Crippen LogP contribution < -0.4 is 0 Å². The van der Waals surface area contributed by atoms with Gasteiger partial charge in [-0.2, -0.15) is 11.8 Å². The zero-order chi connectivity index (χ0) is 13.2. The first-order valence-corrected chi connectivity index (χ1v) is 8.14. The molecular weight excluding hydrogens is 280 g/mol. The van der Waals surface area contributed by atoms with Crippen LogP contribution in [0.1, 0.15) is 37.5 Å². The normalized spacial score (nSPS) is 18.2. The molecule has 0 amide bonds. The van der Waals surface area contributed by atoms with Gasteiger partial charge in [0.05, 0.1) is 0 Å². The van der Waals surface area contributed by atoms with E-state index in [1.54, 1.807) is 6.07 Å². The third-order valence-corrected chi connectivity index (χ3v) is 5.30. The molecule has 3 rings (SSSR count). The van der Waals surface area contributed by atoms with E-state index in [-0.39, 0.29) is 0 Å². The van der Waals surface area contributed by atoms with Gasteiger partial charge in [0, 0.05) is 21.4 Å². The molecule has 2 aromatic rings. The van der Waals surface area contributed by atoms with Crippen molar-refractivity contribution < 1.29 is 9.52 Å². The molecule has 1 aromatic carbocycles. The van der Waals surface area contributed by atoms with Crippen molar-refractivity contribution in [3.05, 3.63) is 35.0 Å². The average molecular weight is 297 g/mol. The Kier molecular flexibility index (Phi) is 4.06. The fourth-order valence-electron chi connectivity index (χ4n) is 2.56. The molecule has 102 valence electrons. The Morgan fingerprint density at radius 3 is 2.89 bits per heavy atom. The summed E-state index contributed by atoms with van der Waals surface area (Å²) in [6.45, 7) is 0. The molecule has 0 bridgehead atoms. The van der Waals surface area contributed by atoms with Crippen LogP contribution >= 0.6 is 23.4 Å². The summed E-state index contributed by atoms with van der Waals surface area (Å²) in [6.07, 6.45) is 4.70. The largest absolute Gasteiger partial charge is 0.458 e. The van der Waals surface area contributed by atoms with Crippen molar-refractivity contribution in [3.8, 4) is 0 Å². The molecule has 1 saturated carbocycles. The number of thioether (sulfide) groups is 1. The lowest BCUT2D eigenvalue weighted by molar-refractivity contribution is 0.176. The average Bonchev–Trinajstić information content (AvgIpc) is 3.04. The van der Waals surface area contributed by atoms with E-state index in [1.165, 1.54) is 25.7 Å². The minimum atomic E-state index is -0.531. The predicted molar refractivity (Wildman–Crippen MR) is 80.9 cm³/mol. The highest BCUT2D eigenvalue weighted by Gasteiger charge is 2.19. The summed E-state index contributed by atoms with van der Waals surface area (Å²) >= 11 is 7.81. The maximum absolute atomic E-state index is 10.2. The van der Waals surface area contributed by atoms with Gasteiger partial charge in [-0.3, -0.25) is 0 Å². The number of furan rings is 1. The molecule has 1 aliphatic rings. The molecule has 0 spiro atoms. The van der Waals surface area contributed by atoms with Gasteiger partial charge in [0.15, 0.2) is 0 Å². The molecule has 1 atom stereocenters. The van der Waals surface area contributed by atoms with Crippen LogP contribution in [0.5, 0.6) is 0 Å². The number of hydrogen-bond acceptors (Lipinski definition) is 3. The predicted octanol–water partition coefficient (Wildman–Crippen LogP) is 4.80. The summed E-state index contributed by atoms with van der Waals surface area (Å²) in [7, 11) is 0. The number of aliphatic hydroxyl groups is 1. The minimum Gasteiger partial charge on any atom is -0.458 e. The van der Waals surface area contributed by atoms with Gasteiger partial charge in [0.25, 0.3) is 0 Å². The van der Waals surface area contributed by atoms with E-state index in [2.05, 4.69) is 0 Å². The lowest BCUT2D eigenvalue weighted by Gasteiger charge is -2.11. The van der Waals surface area contributed by atoms with E-state index in [0.29, 0.717) is 21.8 Å². The third kappa shape index (κ3) is 3.10. The van der Waals surface area contributed by atoms with Crippen LogP contribution in [0.3, 0.4) is 0 Å². The second-order valence-electron chi connectivity index (χ2n) is 5.09. The zero-order valence-corrected chi connectivity index (χ0v) is 12.2. The topological polar surface area (TPSA) is 33.4 Å². The molecule has 1 aliphatic carbocycles. The van der Waals surface area contributed by atoms with Crippen LogP contribution in [0.4, 0.5) is 0 Å². The Balaban J connectivity index is 1.68. The van der Waals surface area contributed by atoms with E-state index in [1.807, 2.05) is 30.0 Å². The summed E-state index contributed by atoms with van der Waals surface area (Å²) < 4.78 is 5.68. The molecule has 0 aliphatic heterocycles. The van der Waals surface area contributed by atoms with Gasteiger partial charge in [-0.1, -0.05) is 24.4 Å². The fraction of sp³-hybridized carbons (Fsp3) is 0.467. The first-order valence-electron chi connectivity index (χ1n) is 6.71. The first-order chi connectivity index (χ1) is 9.22. The van der Waals surface area contributed by atoms with Gasteiger partial charge >= 0.3 is 0 Å². The van der Waals surface area contributed by atoms with E-state index < -0.39 is 6.10 Å². The number of aliphatic hydroxyl groups excluding tert-OH is 1. The third-order valence-electron chi connectivity index (χ3n) is 3.62. The zero-order valence-electron chi connectivity index (χ0n) is 10.6. The van der Waals surface area contributed by atoms with Crippen molar-refractivity contribution in [1.82, 2.24) is 0 Å². The molecule has 1 N–H and O–H groups in total. The maximum Gasteiger partial charge on any atom is 0.134 e. The van der Waals surface area contributed by atoms with Crippen molar-refractivity contribution in [3.63, 3.8) is 0 Å². The Morgan fingerprint density at radius 2 is 2.11 bits per heavy atom. The Labute approximate surface area is 122 Å². The van der Waals surface area contributed by atoms with E-state index in [4.69, 9.17) is 16.0 Å². The minimum absolute atomic E-state index is 0.531. The molecule has 2 nitrogen and oxygen atoms in total. The highest BCUT2D eigenvalue weighted by molar-refractivity contribution is 7.99. The van der Waals surface area contributed by atoms with Crippen LogP contribution in [-0.4, -0.2) is 16.1 Å². The summed E-state index contributed by atoms with van der Waals surface area (Å²) in [5.74, 6) is 1.35. The van der Waals surface area contributed by atoms with Crippen LogP contribution in [-0.2, 0) is 0 Å². The standard InChI is InChI=1S/C15H17ClO2S/c16-11-5-6-14-10(7-11)8-15(18-14)13(17)9-19-12-3-1-2-4-12/h5-8,12-13,17H,1-4,9H2. The van der Waals surface area contributed by atoms with Crippen LogP contribution in [0.2, 0.25) is 5.02 Å². The lowest BCUT2D eigenvalue weighted by atomic mass is 10.2. The molecule has 1 heterocycles. The van der Waals surface area contributed by atoms with Gasteiger partial charge in [-0.25, -0.2) is 0 Å². The lowest BCUT2D eigenvalue weighted by Crippen LogP contribution is -2.03. The SMILES string of the molecule is OC(CSC1CCCC1)c1cc2cc(Cl)ccc2o1. The van der Waals surface area contributed by atoms with Gasteiger partial charge in [-0.15, -0.1) is 0 Å². The van der Waals surface area contributed by atoms with Crippen molar-refractivity contribution in [2.45, 2.75) is 37.0 Å². The summed E-state index contributed by atoms with van der Waals surface area (Å²) in [5, 5.41) is 12.6. The Hall–Kier alpha value is -0.640. The molecule has 0 saturated heterocycles. The second-order valence-corrected chi connectivity index (χ2v) is 6.86. The number of fused-ring (bicyclic) bond motifs is 1. The molecule has 1 unspecified atom stereocenters. The second kappa shape index (κ2) is 5.78. The van der Waals surface area contributed by atoms with Gasteiger partial charge in [-0.05, 0) is 37.1 Å². The van der Waals surface area contributed by atoms with Crippen molar-refractivity contribution in [1.29, 1.82) is 0 Å². The number of hydrogen-bond donors (Lipinski definition) is 1. The molecule has 0 radical (unpaired) electrons. The van der Waals surface area contributed by atoms with Crippen molar-refractivity contribution in [2.75, 3.05) is 5.75 Å². The maximum atomic E-state index is 10.2. The first kappa shape index (κ1) is 13.3. The van der Waals surface area contributed by atoms with Crippen LogP contribution in [0.15, 0.2) is 28.7 Å². The van der Waals surface area contributed by atoms with Crippen LogP contribution in [0.25, 0.3) is 11.0 Å². The van der Waals surface area contributed by atoms with Crippen molar-refractivity contribution in [2.24, 2.45) is 0 Å². The van der Waals surface area contributed by atoms with E-state index >= 15 is 0 Å².